The number of hydrogen-bond donors (Lipinski definition) is 4. The van der Waals surface area contributed by atoms with E-state index in [-0.39, 0.29) is 23.6 Å². The van der Waals surface area contributed by atoms with Gasteiger partial charge in [-0.1, -0.05) is 18.2 Å². The predicted octanol–water partition coefficient (Wildman–Crippen LogP) is 2.65. The van der Waals surface area contributed by atoms with E-state index in [1.165, 1.54) is 0 Å². The highest BCUT2D eigenvalue weighted by Gasteiger charge is 2.27. The molecule has 33 heavy (non-hydrogen) atoms. The third kappa shape index (κ3) is 5.23. The third-order valence-electron chi connectivity index (χ3n) is 5.88. The Balaban J connectivity index is 1.88. The summed E-state index contributed by atoms with van der Waals surface area (Å²) < 4.78 is 11.2. The average Bonchev–Trinajstić information content (AvgIpc) is 2.79. The molecule has 1 atom stereocenters. The lowest BCUT2D eigenvalue weighted by Gasteiger charge is -2.36. The normalized spacial score (nSPS) is 16.4. The molecule has 2 aromatic carbocycles. The molecule has 1 saturated heterocycles. The maximum absolute atomic E-state index is 12.2. The van der Waals surface area contributed by atoms with Crippen molar-refractivity contribution in [2.75, 3.05) is 26.3 Å². The molecule has 7 N–H and O–H groups in total. The summed E-state index contributed by atoms with van der Waals surface area (Å²) in [5.41, 5.74) is 23.1. The molecular formula is C25H32N4O4. The molecular weight excluding hydrogens is 420 g/mol. The molecule has 0 bridgehead atoms. The Morgan fingerprint density at radius 3 is 2.55 bits per heavy atom. The lowest BCUT2D eigenvalue weighted by atomic mass is 9.94. The monoisotopic (exact) mass is 452 g/mol. The molecule has 0 amide bonds. The molecule has 8 heteroatoms. The van der Waals surface area contributed by atoms with Gasteiger partial charge in [-0.3, -0.25) is 0 Å². The number of para-hydroxylation sites is 1. The van der Waals surface area contributed by atoms with Crippen LogP contribution in [-0.2, 0) is 9.47 Å². The van der Waals surface area contributed by atoms with Crippen LogP contribution in [0.25, 0.3) is 5.70 Å². The minimum absolute atomic E-state index is 0.0776. The highest BCUT2D eigenvalue weighted by atomic mass is 16.5. The number of phenolic OH excluding ortho intramolecular Hbond substituents is 1. The van der Waals surface area contributed by atoms with Crippen LogP contribution >= 0.6 is 0 Å². The first-order valence-corrected chi connectivity index (χ1v) is 10.9. The van der Waals surface area contributed by atoms with E-state index in [0.717, 1.165) is 16.7 Å². The van der Waals surface area contributed by atoms with Crippen molar-refractivity contribution >= 4 is 11.7 Å². The predicted molar refractivity (Wildman–Crippen MR) is 128 cm³/mol. The minimum atomic E-state index is -0.332. The summed E-state index contributed by atoms with van der Waals surface area (Å²) >= 11 is 0. The summed E-state index contributed by atoms with van der Waals surface area (Å²) in [5.74, 6) is -0.129. The zero-order valence-corrected chi connectivity index (χ0v) is 19.3. The number of aromatic hydroxyl groups is 1. The number of nitrogens with two attached hydrogens (primary N) is 3. The van der Waals surface area contributed by atoms with Crippen molar-refractivity contribution in [3.05, 3.63) is 81.8 Å². The van der Waals surface area contributed by atoms with E-state index in [1.54, 1.807) is 43.3 Å². The number of rotatable bonds is 6. The zero-order chi connectivity index (χ0) is 24.1. The van der Waals surface area contributed by atoms with E-state index in [4.69, 9.17) is 26.7 Å². The van der Waals surface area contributed by atoms with Crippen molar-refractivity contribution in [3.63, 3.8) is 0 Å². The van der Waals surface area contributed by atoms with Gasteiger partial charge in [0.15, 0.2) is 0 Å². The average molecular weight is 453 g/mol. The smallest absolute Gasteiger partial charge is 0.338 e. The van der Waals surface area contributed by atoms with Crippen LogP contribution in [0.1, 0.15) is 45.6 Å². The lowest BCUT2D eigenvalue weighted by Crippen LogP contribution is -2.39. The van der Waals surface area contributed by atoms with Crippen LogP contribution in [0, 0.1) is 13.8 Å². The van der Waals surface area contributed by atoms with Crippen molar-refractivity contribution < 1.29 is 19.4 Å². The fourth-order valence-corrected chi connectivity index (χ4v) is 3.98. The number of esters is 1. The van der Waals surface area contributed by atoms with E-state index >= 15 is 0 Å². The molecule has 1 fully saturated rings. The molecule has 0 aromatic heterocycles. The molecule has 8 nitrogen and oxygen atoms in total. The highest BCUT2D eigenvalue weighted by molar-refractivity contribution is 5.91. The van der Waals surface area contributed by atoms with Crippen LogP contribution in [0.5, 0.6) is 5.75 Å². The van der Waals surface area contributed by atoms with Gasteiger partial charge in [0.25, 0.3) is 0 Å². The third-order valence-corrected chi connectivity index (χ3v) is 5.88. The summed E-state index contributed by atoms with van der Waals surface area (Å²) in [6.07, 6.45) is 1.43. The van der Waals surface area contributed by atoms with Gasteiger partial charge in [-0.2, -0.15) is 0 Å². The second kappa shape index (κ2) is 10.3. The standard InChI is InChI=1S/C25H32N4O4/c1-4-32-25(31)18-10-9-17(15(2)16(18)3)23-14-29(11-12-33-23)21(24(27)28)13-20(26)19-7-5-6-8-22(19)30/h5-10,13,23,30H,4,11-12,14,26-28H2,1-3H3/b20-13-. The lowest BCUT2D eigenvalue weighted by molar-refractivity contribution is -0.0175. The van der Waals surface area contributed by atoms with Gasteiger partial charge in [-0.25, -0.2) is 4.79 Å². The number of nitrogens with zero attached hydrogens (tertiary/aromatic N) is 1. The van der Waals surface area contributed by atoms with Crippen LogP contribution in [0.15, 0.2) is 54.0 Å². The SMILES string of the molecule is CCOC(=O)c1ccc(C2CN(C(/C=C(\N)c3ccccc3O)=C(N)N)CCO2)c(C)c1C. The summed E-state index contributed by atoms with van der Waals surface area (Å²) in [6.45, 7) is 7.53. The summed E-state index contributed by atoms with van der Waals surface area (Å²) in [7, 11) is 0. The molecule has 176 valence electrons. The second-order valence-electron chi connectivity index (χ2n) is 7.94. The number of carbonyl (C=O) groups is 1. The van der Waals surface area contributed by atoms with E-state index in [9.17, 15) is 9.90 Å². The van der Waals surface area contributed by atoms with E-state index in [0.29, 0.717) is 48.8 Å². The minimum Gasteiger partial charge on any atom is -0.507 e. The molecule has 1 heterocycles. The van der Waals surface area contributed by atoms with E-state index in [1.807, 2.05) is 24.8 Å². The Hall–Kier alpha value is -3.65. The van der Waals surface area contributed by atoms with Gasteiger partial charge in [0.1, 0.15) is 17.7 Å². The van der Waals surface area contributed by atoms with Gasteiger partial charge in [0.05, 0.1) is 24.5 Å². The number of morpholine rings is 1. The van der Waals surface area contributed by atoms with Crippen LogP contribution < -0.4 is 17.2 Å². The maximum atomic E-state index is 12.2. The number of benzene rings is 2. The number of phenols is 1. The summed E-state index contributed by atoms with van der Waals surface area (Å²) in [6, 6.07) is 10.5. The molecule has 3 rings (SSSR count). The van der Waals surface area contributed by atoms with Crippen molar-refractivity contribution in [3.8, 4) is 5.75 Å². The fourth-order valence-electron chi connectivity index (χ4n) is 3.98. The zero-order valence-electron chi connectivity index (χ0n) is 19.3. The molecule has 0 saturated carbocycles. The number of hydrogen-bond acceptors (Lipinski definition) is 8. The van der Waals surface area contributed by atoms with E-state index < -0.39 is 0 Å². The van der Waals surface area contributed by atoms with Gasteiger partial charge in [0, 0.05) is 24.4 Å². The molecule has 1 aliphatic heterocycles. The van der Waals surface area contributed by atoms with Gasteiger partial charge in [-0.15, -0.1) is 0 Å². The quantitative estimate of drug-likeness (QED) is 0.388. The van der Waals surface area contributed by atoms with Crippen LogP contribution in [0.4, 0.5) is 0 Å². The molecule has 1 unspecified atom stereocenters. The highest BCUT2D eigenvalue weighted by Crippen LogP contribution is 2.31. The second-order valence-corrected chi connectivity index (χ2v) is 7.94. The van der Waals surface area contributed by atoms with Gasteiger partial charge in [0.2, 0.25) is 0 Å². The maximum Gasteiger partial charge on any atom is 0.338 e. The Kier molecular flexibility index (Phi) is 7.50. The fraction of sp³-hybridized carbons (Fsp3) is 0.320. The molecule has 1 aliphatic rings. The van der Waals surface area contributed by atoms with Crippen LogP contribution in [0.3, 0.4) is 0 Å². The number of allylic oxidation sites excluding steroid dienone is 1. The van der Waals surface area contributed by atoms with Crippen LogP contribution in [0.2, 0.25) is 0 Å². The van der Waals surface area contributed by atoms with Gasteiger partial charge < -0.3 is 36.7 Å². The summed E-state index contributed by atoms with van der Waals surface area (Å²) in [4.78, 5) is 14.3. The first-order chi connectivity index (χ1) is 15.7. The molecule has 0 aliphatic carbocycles. The summed E-state index contributed by atoms with van der Waals surface area (Å²) in [5, 5.41) is 10.1. The Morgan fingerprint density at radius 1 is 1.15 bits per heavy atom. The van der Waals surface area contributed by atoms with Gasteiger partial charge >= 0.3 is 5.97 Å². The van der Waals surface area contributed by atoms with Gasteiger partial charge in [-0.05, 0) is 61.7 Å². The first kappa shape index (κ1) is 24.0. The Labute approximate surface area is 194 Å². The Bertz CT molecular complexity index is 1090. The topological polar surface area (TPSA) is 137 Å². The first-order valence-electron chi connectivity index (χ1n) is 10.9. The van der Waals surface area contributed by atoms with Crippen LogP contribution in [-0.4, -0.2) is 42.3 Å². The molecule has 0 radical (unpaired) electrons. The van der Waals surface area contributed by atoms with Crippen molar-refractivity contribution in [1.82, 2.24) is 4.90 Å². The van der Waals surface area contributed by atoms with E-state index in [2.05, 4.69) is 0 Å². The van der Waals surface area contributed by atoms with Crippen molar-refractivity contribution in [2.24, 2.45) is 17.2 Å². The Morgan fingerprint density at radius 2 is 1.88 bits per heavy atom. The van der Waals surface area contributed by atoms with Crippen molar-refractivity contribution in [2.45, 2.75) is 26.9 Å². The largest absolute Gasteiger partial charge is 0.507 e. The van der Waals surface area contributed by atoms with Crippen molar-refractivity contribution in [1.29, 1.82) is 0 Å². The number of carbonyl (C=O) groups excluding carboxylic acids is 1. The molecule has 2 aromatic rings. The number of ether oxygens (including phenoxy) is 2. The molecule has 0 spiro atoms.